The molecule has 0 bridgehead atoms. The third-order valence-electron chi connectivity index (χ3n) is 2.64. The Balaban J connectivity index is 3.13. The molecule has 0 saturated heterocycles. The zero-order valence-electron chi connectivity index (χ0n) is 9.56. The van der Waals surface area contributed by atoms with E-state index in [2.05, 4.69) is 0 Å². The first-order valence-corrected chi connectivity index (χ1v) is 5.15. The molecular weight excluding hydrogens is 300 g/mol. The van der Waals surface area contributed by atoms with Gasteiger partial charge in [-0.1, -0.05) is 18.2 Å². The lowest BCUT2D eigenvalue weighted by atomic mass is 9.92. The maximum atomic E-state index is 13.3. The first kappa shape index (κ1) is 16.7. The minimum absolute atomic E-state index is 0.722. The van der Waals surface area contributed by atoms with Crippen LogP contribution in [0.3, 0.4) is 0 Å². The molecule has 1 unspecified atom stereocenters. The zero-order valence-corrected chi connectivity index (χ0v) is 9.56. The summed E-state index contributed by atoms with van der Waals surface area (Å²) in [6.07, 6.45) is -17.5. The minimum Gasteiger partial charge on any atom is -0.388 e. The van der Waals surface area contributed by atoms with Crippen molar-refractivity contribution in [2.24, 2.45) is 0 Å². The average molecular weight is 308 g/mol. The number of hydrogen-bond donors (Lipinski definition) is 1. The third kappa shape index (κ3) is 3.02. The second-order valence-electron chi connectivity index (χ2n) is 4.04. The first-order valence-electron chi connectivity index (χ1n) is 5.15. The summed E-state index contributed by atoms with van der Waals surface area (Å²) in [5, 5.41) is 9.28. The first-order chi connectivity index (χ1) is 8.90. The Labute approximate surface area is 107 Å². The van der Waals surface area contributed by atoms with Crippen LogP contribution in [0.5, 0.6) is 0 Å². The lowest BCUT2D eigenvalue weighted by Crippen LogP contribution is -2.54. The molecule has 1 nitrogen and oxygen atoms in total. The van der Waals surface area contributed by atoms with Gasteiger partial charge in [0.1, 0.15) is 5.82 Å². The molecule has 0 fully saturated rings. The SMILES string of the molecule is OC(CC(F)(C(F)(F)F)C(F)(F)F)c1ccccc1F. The Morgan fingerprint density at radius 1 is 0.900 bits per heavy atom. The van der Waals surface area contributed by atoms with Gasteiger partial charge in [0.15, 0.2) is 0 Å². The molecular formula is C11H8F8O. The van der Waals surface area contributed by atoms with Gasteiger partial charge in [0.25, 0.3) is 0 Å². The molecule has 0 heterocycles. The number of aliphatic hydroxyl groups is 1. The Bertz CT molecular complexity index is 450. The highest BCUT2D eigenvalue weighted by molar-refractivity contribution is 5.20. The Kier molecular flexibility index (Phi) is 4.33. The van der Waals surface area contributed by atoms with E-state index in [0.717, 1.165) is 24.3 Å². The number of alkyl halides is 7. The smallest absolute Gasteiger partial charge is 0.388 e. The Morgan fingerprint density at radius 3 is 1.75 bits per heavy atom. The van der Waals surface area contributed by atoms with Gasteiger partial charge >= 0.3 is 18.0 Å². The van der Waals surface area contributed by atoms with Gasteiger partial charge in [-0.2, -0.15) is 26.3 Å². The van der Waals surface area contributed by atoms with Crippen LogP contribution in [0.1, 0.15) is 18.1 Å². The van der Waals surface area contributed by atoms with E-state index in [-0.39, 0.29) is 0 Å². The predicted molar refractivity (Wildman–Crippen MR) is 51.9 cm³/mol. The monoisotopic (exact) mass is 308 g/mol. The van der Waals surface area contributed by atoms with Crippen molar-refractivity contribution in [3.63, 3.8) is 0 Å². The molecule has 1 aromatic rings. The molecule has 0 saturated carbocycles. The summed E-state index contributed by atoms with van der Waals surface area (Å²) in [7, 11) is 0. The Morgan fingerprint density at radius 2 is 1.35 bits per heavy atom. The van der Waals surface area contributed by atoms with Gasteiger partial charge in [0.05, 0.1) is 6.10 Å². The molecule has 20 heavy (non-hydrogen) atoms. The van der Waals surface area contributed by atoms with Crippen molar-refractivity contribution in [1.29, 1.82) is 0 Å². The normalized spacial score (nSPS) is 15.2. The van der Waals surface area contributed by atoms with Gasteiger partial charge in [0, 0.05) is 12.0 Å². The van der Waals surface area contributed by atoms with Crippen LogP contribution >= 0.6 is 0 Å². The van der Waals surface area contributed by atoms with Crippen molar-refractivity contribution >= 4 is 0 Å². The fourth-order valence-electron chi connectivity index (χ4n) is 1.51. The molecule has 0 aliphatic carbocycles. The average Bonchev–Trinajstić information content (AvgIpc) is 2.26. The number of benzene rings is 1. The van der Waals surface area contributed by atoms with E-state index in [1.165, 1.54) is 0 Å². The number of rotatable bonds is 3. The van der Waals surface area contributed by atoms with Crippen LogP contribution in [0, 0.1) is 5.82 Å². The van der Waals surface area contributed by atoms with Crippen LogP contribution in [0.25, 0.3) is 0 Å². The third-order valence-corrected chi connectivity index (χ3v) is 2.64. The zero-order chi connectivity index (χ0) is 15.8. The van der Waals surface area contributed by atoms with Crippen LogP contribution in [0.15, 0.2) is 24.3 Å². The van der Waals surface area contributed by atoms with Gasteiger partial charge in [-0.3, -0.25) is 0 Å². The van der Waals surface area contributed by atoms with Crippen LogP contribution < -0.4 is 0 Å². The largest absolute Gasteiger partial charge is 0.431 e. The minimum atomic E-state index is -6.28. The van der Waals surface area contributed by atoms with Crippen LogP contribution in [0.2, 0.25) is 0 Å². The summed E-state index contributed by atoms with van der Waals surface area (Å²) >= 11 is 0. The number of hydrogen-bond acceptors (Lipinski definition) is 1. The highest BCUT2D eigenvalue weighted by Crippen LogP contribution is 2.50. The Hall–Kier alpha value is -1.38. The second-order valence-corrected chi connectivity index (χ2v) is 4.04. The van der Waals surface area contributed by atoms with E-state index in [1.54, 1.807) is 0 Å². The fraction of sp³-hybridized carbons (Fsp3) is 0.455. The standard InChI is InChI=1S/C11H8F8O/c12-7-4-2-1-3-6(7)8(20)5-9(13,10(14,15)16)11(17,18)19/h1-4,8,20H,5H2. The van der Waals surface area contributed by atoms with Crippen LogP contribution in [-0.2, 0) is 0 Å². The topological polar surface area (TPSA) is 20.2 Å². The molecule has 9 heteroatoms. The van der Waals surface area contributed by atoms with Gasteiger partial charge in [-0.25, -0.2) is 8.78 Å². The summed E-state index contributed by atoms with van der Waals surface area (Å²) in [6, 6.07) is 3.69. The highest BCUT2D eigenvalue weighted by Gasteiger charge is 2.72. The summed E-state index contributed by atoms with van der Waals surface area (Å²) in [5.74, 6) is -1.23. The molecule has 0 spiro atoms. The lowest BCUT2D eigenvalue weighted by Gasteiger charge is -2.31. The summed E-state index contributed by atoms with van der Waals surface area (Å²) < 4.78 is 100. The molecule has 0 radical (unpaired) electrons. The van der Waals surface area contributed by atoms with Crippen molar-refractivity contribution in [3.05, 3.63) is 35.6 Å². The maximum absolute atomic E-state index is 13.3. The molecule has 1 aromatic carbocycles. The van der Waals surface area contributed by atoms with E-state index in [9.17, 15) is 40.2 Å². The molecule has 0 aliphatic rings. The molecule has 1 atom stereocenters. The van der Waals surface area contributed by atoms with Gasteiger partial charge in [-0.15, -0.1) is 0 Å². The molecule has 1 rings (SSSR count). The molecule has 0 aliphatic heterocycles. The summed E-state index contributed by atoms with van der Waals surface area (Å²) in [5.41, 5.74) is -6.47. The van der Waals surface area contributed by atoms with Gasteiger partial charge in [0.2, 0.25) is 0 Å². The van der Waals surface area contributed by atoms with Crippen molar-refractivity contribution in [1.82, 2.24) is 0 Å². The van der Waals surface area contributed by atoms with Crippen LogP contribution in [0.4, 0.5) is 35.1 Å². The molecule has 0 aromatic heterocycles. The van der Waals surface area contributed by atoms with Crippen LogP contribution in [-0.4, -0.2) is 23.1 Å². The van der Waals surface area contributed by atoms with E-state index in [1.807, 2.05) is 0 Å². The van der Waals surface area contributed by atoms with Crippen molar-refractivity contribution < 1.29 is 40.2 Å². The number of aliphatic hydroxyl groups excluding tert-OH is 1. The highest BCUT2D eigenvalue weighted by atomic mass is 19.4. The van der Waals surface area contributed by atoms with E-state index >= 15 is 0 Å². The predicted octanol–water partition coefficient (Wildman–Crippen LogP) is 4.08. The molecule has 1 N–H and O–H groups in total. The lowest BCUT2D eigenvalue weighted by molar-refractivity contribution is -0.347. The summed E-state index contributed by atoms with van der Waals surface area (Å²) in [6.45, 7) is 0. The second kappa shape index (κ2) is 5.19. The van der Waals surface area contributed by atoms with E-state index in [0.29, 0.717) is 0 Å². The van der Waals surface area contributed by atoms with Crippen molar-refractivity contribution in [2.75, 3.05) is 0 Å². The number of halogens is 8. The fourth-order valence-corrected chi connectivity index (χ4v) is 1.51. The summed E-state index contributed by atoms with van der Waals surface area (Å²) in [4.78, 5) is 0. The quantitative estimate of drug-likeness (QED) is 0.834. The van der Waals surface area contributed by atoms with E-state index < -0.39 is 41.9 Å². The van der Waals surface area contributed by atoms with Gasteiger partial charge in [-0.05, 0) is 6.07 Å². The van der Waals surface area contributed by atoms with E-state index in [4.69, 9.17) is 0 Å². The van der Waals surface area contributed by atoms with Crippen molar-refractivity contribution in [2.45, 2.75) is 30.5 Å². The van der Waals surface area contributed by atoms with Crippen molar-refractivity contribution in [3.8, 4) is 0 Å². The van der Waals surface area contributed by atoms with Gasteiger partial charge < -0.3 is 5.11 Å². The maximum Gasteiger partial charge on any atom is 0.431 e. The molecule has 0 amide bonds. The molecule has 114 valence electrons.